The summed E-state index contributed by atoms with van der Waals surface area (Å²) >= 11 is 0. The normalized spacial score (nSPS) is 15.8. The van der Waals surface area contributed by atoms with Crippen molar-refractivity contribution in [1.82, 2.24) is 4.90 Å². The first kappa shape index (κ1) is 12.1. The van der Waals surface area contributed by atoms with Gasteiger partial charge in [0.05, 0.1) is 6.07 Å². The Morgan fingerprint density at radius 1 is 1.22 bits per heavy atom. The van der Waals surface area contributed by atoms with Crippen molar-refractivity contribution in [2.24, 2.45) is 0 Å². The van der Waals surface area contributed by atoms with Crippen LogP contribution in [-0.4, -0.2) is 36.3 Å². The Morgan fingerprint density at radius 2 is 1.94 bits per heavy atom. The number of piperazine rings is 1. The predicted octanol–water partition coefficient (Wildman–Crippen LogP) is 0.694. The molecular weight excluding hydrogens is 230 g/mol. The first-order valence-corrected chi connectivity index (χ1v) is 5.68. The fraction of sp³-hybridized carbons (Fsp3) is 0.308. The summed E-state index contributed by atoms with van der Waals surface area (Å²) in [5.74, 6) is -1.17. The van der Waals surface area contributed by atoms with E-state index < -0.39 is 11.8 Å². The van der Waals surface area contributed by atoms with Gasteiger partial charge in [0.15, 0.2) is 0 Å². The Balaban J connectivity index is 2.24. The number of nitriles is 1. The summed E-state index contributed by atoms with van der Waals surface area (Å²) in [6, 6.07) is 9.33. The van der Waals surface area contributed by atoms with E-state index in [9.17, 15) is 9.59 Å². The van der Waals surface area contributed by atoms with Gasteiger partial charge < -0.3 is 9.80 Å². The van der Waals surface area contributed by atoms with Gasteiger partial charge in [-0.3, -0.25) is 9.59 Å². The van der Waals surface area contributed by atoms with E-state index in [0.717, 1.165) is 11.3 Å². The molecule has 2 amide bonds. The third kappa shape index (κ3) is 2.05. The molecule has 1 saturated heterocycles. The zero-order valence-electron chi connectivity index (χ0n) is 10.1. The number of amides is 2. The highest BCUT2D eigenvalue weighted by molar-refractivity contribution is 6.41. The maximum absolute atomic E-state index is 12.0. The molecule has 1 heterocycles. The van der Waals surface area contributed by atoms with Crippen molar-refractivity contribution in [1.29, 1.82) is 5.26 Å². The molecule has 0 radical (unpaired) electrons. The Kier molecular flexibility index (Phi) is 3.28. The van der Waals surface area contributed by atoms with Gasteiger partial charge in [-0.25, -0.2) is 0 Å². The monoisotopic (exact) mass is 243 g/mol. The summed E-state index contributed by atoms with van der Waals surface area (Å²) in [4.78, 5) is 26.5. The van der Waals surface area contributed by atoms with Crippen molar-refractivity contribution < 1.29 is 9.59 Å². The van der Waals surface area contributed by atoms with Crippen molar-refractivity contribution in [3.8, 4) is 6.07 Å². The summed E-state index contributed by atoms with van der Waals surface area (Å²) in [6.07, 6.45) is 0. The van der Waals surface area contributed by atoms with E-state index in [1.165, 1.54) is 9.80 Å². The SMILES string of the molecule is Cc1ccccc1N1CCN(CC#N)C(=O)C1=O. The third-order valence-electron chi connectivity index (χ3n) is 2.98. The second kappa shape index (κ2) is 4.88. The minimum atomic E-state index is -0.606. The smallest absolute Gasteiger partial charge is 0.316 e. The fourth-order valence-corrected chi connectivity index (χ4v) is 2.01. The molecule has 1 fully saturated rings. The second-order valence-corrected chi connectivity index (χ2v) is 4.13. The van der Waals surface area contributed by atoms with E-state index in [2.05, 4.69) is 0 Å². The second-order valence-electron chi connectivity index (χ2n) is 4.13. The van der Waals surface area contributed by atoms with Crippen LogP contribution in [0.4, 0.5) is 5.69 Å². The number of nitrogens with zero attached hydrogens (tertiary/aromatic N) is 3. The highest BCUT2D eigenvalue weighted by atomic mass is 16.2. The lowest BCUT2D eigenvalue weighted by Gasteiger charge is -2.33. The van der Waals surface area contributed by atoms with Gasteiger partial charge in [-0.15, -0.1) is 0 Å². The minimum absolute atomic E-state index is 0.0355. The first-order valence-electron chi connectivity index (χ1n) is 5.68. The predicted molar refractivity (Wildman–Crippen MR) is 65.7 cm³/mol. The zero-order valence-corrected chi connectivity index (χ0v) is 10.1. The van der Waals surface area contributed by atoms with Crippen LogP contribution in [0.3, 0.4) is 0 Å². The Morgan fingerprint density at radius 3 is 2.61 bits per heavy atom. The molecule has 1 aromatic rings. The van der Waals surface area contributed by atoms with Gasteiger partial charge in [-0.1, -0.05) is 18.2 Å². The van der Waals surface area contributed by atoms with Crippen molar-refractivity contribution in [2.45, 2.75) is 6.92 Å². The molecule has 0 atom stereocenters. The van der Waals surface area contributed by atoms with Crippen LogP contribution in [0.5, 0.6) is 0 Å². The molecule has 0 bridgehead atoms. The van der Waals surface area contributed by atoms with E-state index in [1.807, 2.05) is 37.3 Å². The van der Waals surface area contributed by atoms with Gasteiger partial charge in [-0.05, 0) is 18.6 Å². The van der Waals surface area contributed by atoms with E-state index in [1.54, 1.807) is 0 Å². The Bertz CT molecular complexity index is 533. The van der Waals surface area contributed by atoms with E-state index in [0.29, 0.717) is 13.1 Å². The number of anilines is 1. The molecule has 0 aromatic heterocycles. The molecule has 0 unspecified atom stereocenters. The van der Waals surface area contributed by atoms with E-state index in [4.69, 9.17) is 5.26 Å². The Labute approximate surface area is 105 Å². The molecule has 18 heavy (non-hydrogen) atoms. The van der Waals surface area contributed by atoms with Crippen molar-refractivity contribution in [3.63, 3.8) is 0 Å². The molecule has 0 spiro atoms. The van der Waals surface area contributed by atoms with Crippen LogP contribution >= 0.6 is 0 Å². The molecule has 1 aliphatic rings. The van der Waals surface area contributed by atoms with Gasteiger partial charge in [0.1, 0.15) is 6.54 Å². The zero-order chi connectivity index (χ0) is 13.1. The summed E-state index contributed by atoms with van der Waals surface area (Å²) in [5, 5.41) is 8.58. The van der Waals surface area contributed by atoms with Crippen LogP contribution in [0, 0.1) is 18.3 Å². The number of benzene rings is 1. The van der Waals surface area contributed by atoms with Gasteiger partial charge in [0, 0.05) is 18.8 Å². The van der Waals surface area contributed by atoms with Crippen LogP contribution < -0.4 is 4.90 Å². The maximum Gasteiger partial charge on any atom is 0.316 e. The summed E-state index contributed by atoms with van der Waals surface area (Å²) in [6.45, 7) is 2.69. The molecular formula is C13H13N3O2. The number of para-hydroxylation sites is 1. The van der Waals surface area contributed by atoms with Crippen LogP contribution in [0.25, 0.3) is 0 Å². The average molecular weight is 243 g/mol. The topological polar surface area (TPSA) is 64.4 Å². The first-order chi connectivity index (χ1) is 8.65. The van der Waals surface area contributed by atoms with Gasteiger partial charge in [-0.2, -0.15) is 5.26 Å². The highest BCUT2D eigenvalue weighted by Gasteiger charge is 2.33. The molecule has 0 N–H and O–H groups in total. The van der Waals surface area contributed by atoms with Crippen LogP contribution in [0.1, 0.15) is 5.56 Å². The largest absolute Gasteiger partial charge is 0.319 e. The van der Waals surface area contributed by atoms with Crippen LogP contribution in [0.15, 0.2) is 24.3 Å². The standard InChI is InChI=1S/C13H13N3O2/c1-10-4-2-3-5-11(10)16-9-8-15(7-6-14)12(17)13(16)18/h2-5H,7-9H2,1H3. The van der Waals surface area contributed by atoms with Gasteiger partial charge >= 0.3 is 11.8 Å². The lowest BCUT2D eigenvalue weighted by atomic mass is 10.1. The summed E-state index contributed by atoms with van der Waals surface area (Å²) in [5.41, 5.74) is 1.71. The number of aryl methyl sites for hydroxylation is 1. The number of rotatable bonds is 2. The maximum atomic E-state index is 12.0. The minimum Gasteiger partial charge on any atom is -0.319 e. The molecule has 0 aliphatic carbocycles. The highest BCUT2D eigenvalue weighted by Crippen LogP contribution is 2.21. The fourth-order valence-electron chi connectivity index (χ4n) is 2.01. The number of hydrogen-bond acceptors (Lipinski definition) is 3. The summed E-state index contributed by atoms with van der Waals surface area (Å²) in [7, 11) is 0. The molecule has 5 heteroatoms. The van der Waals surface area contributed by atoms with Crippen LogP contribution in [0.2, 0.25) is 0 Å². The average Bonchev–Trinajstić information content (AvgIpc) is 2.37. The number of carbonyl (C=O) groups is 2. The van der Waals surface area contributed by atoms with Crippen molar-refractivity contribution in [3.05, 3.63) is 29.8 Å². The molecule has 1 aliphatic heterocycles. The van der Waals surface area contributed by atoms with E-state index in [-0.39, 0.29) is 6.54 Å². The molecule has 1 aromatic carbocycles. The lowest BCUT2D eigenvalue weighted by molar-refractivity contribution is -0.145. The van der Waals surface area contributed by atoms with E-state index >= 15 is 0 Å². The lowest BCUT2D eigenvalue weighted by Crippen LogP contribution is -2.54. The molecule has 0 saturated carbocycles. The van der Waals surface area contributed by atoms with Crippen LogP contribution in [-0.2, 0) is 9.59 Å². The quantitative estimate of drug-likeness (QED) is 0.567. The number of hydrogen-bond donors (Lipinski definition) is 0. The van der Waals surface area contributed by atoms with Crippen molar-refractivity contribution in [2.75, 3.05) is 24.5 Å². The molecule has 2 rings (SSSR count). The summed E-state index contributed by atoms with van der Waals surface area (Å²) < 4.78 is 0. The number of carbonyl (C=O) groups excluding carboxylic acids is 2. The molecule has 5 nitrogen and oxygen atoms in total. The van der Waals surface area contributed by atoms with Crippen molar-refractivity contribution >= 4 is 17.5 Å². The van der Waals surface area contributed by atoms with Gasteiger partial charge in [0.25, 0.3) is 0 Å². The Hall–Kier alpha value is -2.35. The molecule has 92 valence electrons. The third-order valence-corrected chi connectivity index (χ3v) is 2.98. The van der Waals surface area contributed by atoms with Gasteiger partial charge in [0.2, 0.25) is 0 Å².